The van der Waals surface area contributed by atoms with Gasteiger partial charge in [0.2, 0.25) is 5.82 Å². The van der Waals surface area contributed by atoms with Crippen LogP contribution in [-0.2, 0) is 17.6 Å². The second-order valence-corrected chi connectivity index (χ2v) is 5.20. The minimum atomic E-state index is -4.71. The van der Waals surface area contributed by atoms with Crippen LogP contribution in [0, 0.1) is 0 Å². The number of halogens is 3. The van der Waals surface area contributed by atoms with Gasteiger partial charge in [0.15, 0.2) is 0 Å². The predicted molar refractivity (Wildman–Crippen MR) is 83.4 cm³/mol. The number of amides is 1. The monoisotopic (exact) mass is 363 g/mol. The van der Waals surface area contributed by atoms with Gasteiger partial charge in [-0.15, -0.1) is 0 Å². The van der Waals surface area contributed by atoms with E-state index in [-0.39, 0.29) is 23.6 Å². The maximum atomic E-state index is 12.5. The molecule has 3 aromatic rings. The Morgan fingerprint density at radius 1 is 1.08 bits per heavy atom. The van der Waals surface area contributed by atoms with Crippen molar-refractivity contribution in [2.45, 2.75) is 12.8 Å². The van der Waals surface area contributed by atoms with Crippen molar-refractivity contribution >= 4 is 5.91 Å². The van der Waals surface area contributed by atoms with Crippen molar-refractivity contribution in [3.63, 3.8) is 0 Å². The molecule has 0 bridgehead atoms. The molecule has 0 saturated heterocycles. The summed E-state index contributed by atoms with van der Waals surface area (Å²) in [7, 11) is 0. The van der Waals surface area contributed by atoms with Gasteiger partial charge in [-0.3, -0.25) is 9.63 Å². The third kappa shape index (κ3) is 4.25. The van der Waals surface area contributed by atoms with E-state index in [0.717, 1.165) is 5.56 Å². The van der Waals surface area contributed by atoms with Gasteiger partial charge in [-0.2, -0.15) is 18.2 Å². The SMILES string of the molecule is O=C(NOCc1ccccc1)c1ccc(-c2noc(C(F)(F)F)n2)cc1. The van der Waals surface area contributed by atoms with Crippen LogP contribution in [0.1, 0.15) is 21.8 Å². The summed E-state index contributed by atoms with van der Waals surface area (Å²) in [4.78, 5) is 20.4. The summed E-state index contributed by atoms with van der Waals surface area (Å²) < 4.78 is 41.6. The lowest BCUT2D eigenvalue weighted by Crippen LogP contribution is -2.23. The van der Waals surface area contributed by atoms with Gasteiger partial charge in [-0.1, -0.05) is 47.6 Å². The Morgan fingerprint density at radius 2 is 1.77 bits per heavy atom. The average Bonchev–Trinajstić information content (AvgIpc) is 3.13. The molecule has 6 nitrogen and oxygen atoms in total. The number of benzene rings is 2. The lowest BCUT2D eigenvalue weighted by molar-refractivity contribution is -0.159. The number of nitrogens with zero attached hydrogens (tertiary/aromatic N) is 2. The molecule has 2 aromatic carbocycles. The third-order valence-corrected chi connectivity index (χ3v) is 3.32. The molecule has 0 saturated carbocycles. The van der Waals surface area contributed by atoms with Crippen LogP contribution in [0.5, 0.6) is 0 Å². The zero-order chi connectivity index (χ0) is 18.6. The number of nitrogens with one attached hydrogen (secondary N) is 1. The maximum absolute atomic E-state index is 12.5. The van der Waals surface area contributed by atoms with Gasteiger partial charge in [0.1, 0.15) is 0 Å². The van der Waals surface area contributed by atoms with Gasteiger partial charge in [-0.25, -0.2) is 5.48 Å². The van der Waals surface area contributed by atoms with Crippen molar-refractivity contribution in [2.24, 2.45) is 0 Å². The van der Waals surface area contributed by atoms with Gasteiger partial charge in [-0.05, 0) is 17.7 Å². The number of aromatic nitrogens is 2. The van der Waals surface area contributed by atoms with Crippen LogP contribution in [0.25, 0.3) is 11.4 Å². The van der Waals surface area contributed by atoms with Crippen molar-refractivity contribution < 1.29 is 27.3 Å². The van der Waals surface area contributed by atoms with Crippen LogP contribution in [-0.4, -0.2) is 16.0 Å². The number of carbonyl (C=O) groups is 1. The molecule has 0 spiro atoms. The summed E-state index contributed by atoms with van der Waals surface area (Å²) in [5.41, 5.74) is 3.73. The molecule has 26 heavy (non-hydrogen) atoms. The minimum Gasteiger partial charge on any atom is -0.329 e. The zero-order valence-corrected chi connectivity index (χ0v) is 13.2. The Labute approximate surface area is 145 Å². The fourth-order valence-corrected chi connectivity index (χ4v) is 2.04. The first-order valence-electron chi connectivity index (χ1n) is 7.41. The molecule has 0 aliphatic rings. The second kappa shape index (κ2) is 7.36. The first-order valence-corrected chi connectivity index (χ1v) is 7.41. The summed E-state index contributed by atoms with van der Waals surface area (Å²) >= 11 is 0. The summed E-state index contributed by atoms with van der Waals surface area (Å²) in [6.07, 6.45) is -4.71. The second-order valence-electron chi connectivity index (χ2n) is 5.20. The molecule has 0 aliphatic carbocycles. The molecule has 1 amide bonds. The Bertz CT molecular complexity index is 878. The Balaban J connectivity index is 1.60. The smallest absolute Gasteiger partial charge is 0.329 e. The van der Waals surface area contributed by atoms with E-state index < -0.39 is 18.0 Å². The van der Waals surface area contributed by atoms with E-state index in [1.54, 1.807) is 0 Å². The summed E-state index contributed by atoms with van der Waals surface area (Å²) in [6, 6.07) is 14.9. The summed E-state index contributed by atoms with van der Waals surface area (Å²) in [5.74, 6) is -2.13. The fraction of sp³-hybridized carbons (Fsp3) is 0.118. The third-order valence-electron chi connectivity index (χ3n) is 3.32. The van der Waals surface area contributed by atoms with Crippen molar-refractivity contribution in [2.75, 3.05) is 0 Å². The van der Waals surface area contributed by atoms with Crippen LogP contribution < -0.4 is 5.48 Å². The quantitative estimate of drug-likeness (QED) is 0.701. The highest BCUT2D eigenvalue weighted by molar-refractivity contribution is 5.93. The molecule has 1 heterocycles. The van der Waals surface area contributed by atoms with Crippen molar-refractivity contribution in [1.82, 2.24) is 15.6 Å². The zero-order valence-electron chi connectivity index (χ0n) is 13.2. The number of alkyl halides is 3. The standard InChI is InChI=1S/C17H12F3N3O3/c18-17(19,20)16-21-14(22-26-16)12-6-8-13(9-7-12)15(24)23-25-10-11-4-2-1-3-5-11/h1-9H,10H2,(H,23,24). The Hall–Kier alpha value is -3.20. The lowest BCUT2D eigenvalue weighted by atomic mass is 10.1. The lowest BCUT2D eigenvalue weighted by Gasteiger charge is -2.06. The molecular weight excluding hydrogens is 351 g/mol. The molecule has 0 unspecified atom stereocenters. The van der Waals surface area contributed by atoms with Crippen LogP contribution in [0.3, 0.4) is 0 Å². The van der Waals surface area contributed by atoms with E-state index in [1.165, 1.54) is 24.3 Å². The van der Waals surface area contributed by atoms with Crippen molar-refractivity contribution in [3.05, 3.63) is 71.6 Å². The Kier molecular flexibility index (Phi) is 4.99. The largest absolute Gasteiger partial charge is 0.471 e. The van der Waals surface area contributed by atoms with E-state index >= 15 is 0 Å². The number of carbonyl (C=O) groups excluding carboxylic acids is 1. The van der Waals surface area contributed by atoms with Crippen molar-refractivity contribution in [3.8, 4) is 11.4 Å². The normalized spacial score (nSPS) is 11.3. The molecule has 0 atom stereocenters. The molecule has 134 valence electrons. The van der Waals surface area contributed by atoms with Crippen LogP contribution in [0.15, 0.2) is 59.1 Å². The topological polar surface area (TPSA) is 77.2 Å². The van der Waals surface area contributed by atoms with E-state index in [4.69, 9.17) is 4.84 Å². The molecule has 0 fully saturated rings. The molecule has 9 heteroatoms. The molecule has 1 aromatic heterocycles. The van der Waals surface area contributed by atoms with Gasteiger partial charge >= 0.3 is 12.1 Å². The first kappa shape index (κ1) is 17.6. The number of hydroxylamine groups is 1. The minimum absolute atomic E-state index is 0.202. The summed E-state index contributed by atoms with van der Waals surface area (Å²) in [6.45, 7) is 0.202. The van der Waals surface area contributed by atoms with Gasteiger partial charge in [0, 0.05) is 11.1 Å². The van der Waals surface area contributed by atoms with Gasteiger partial charge < -0.3 is 4.52 Å². The first-order chi connectivity index (χ1) is 12.4. The number of rotatable bonds is 5. The highest BCUT2D eigenvalue weighted by atomic mass is 19.4. The molecule has 0 radical (unpaired) electrons. The van der Waals surface area contributed by atoms with E-state index in [0.29, 0.717) is 0 Å². The van der Waals surface area contributed by atoms with Gasteiger partial charge in [0.05, 0.1) is 6.61 Å². The van der Waals surface area contributed by atoms with Crippen LogP contribution >= 0.6 is 0 Å². The molecule has 1 N–H and O–H groups in total. The van der Waals surface area contributed by atoms with E-state index in [2.05, 4.69) is 20.1 Å². The molecule has 3 rings (SSSR count). The van der Waals surface area contributed by atoms with Crippen LogP contribution in [0.2, 0.25) is 0 Å². The van der Waals surface area contributed by atoms with Crippen LogP contribution in [0.4, 0.5) is 13.2 Å². The molecular formula is C17H12F3N3O3. The van der Waals surface area contributed by atoms with Crippen molar-refractivity contribution in [1.29, 1.82) is 0 Å². The van der Waals surface area contributed by atoms with Gasteiger partial charge in [0.25, 0.3) is 5.91 Å². The average molecular weight is 363 g/mol. The molecule has 0 aliphatic heterocycles. The predicted octanol–water partition coefficient (Wildman–Crippen LogP) is 3.62. The van der Waals surface area contributed by atoms with E-state index in [1.807, 2.05) is 30.3 Å². The number of hydrogen-bond acceptors (Lipinski definition) is 5. The van der Waals surface area contributed by atoms with E-state index in [9.17, 15) is 18.0 Å². The fourth-order valence-electron chi connectivity index (χ4n) is 2.04. The summed E-state index contributed by atoms with van der Waals surface area (Å²) in [5, 5.41) is 3.28. The highest BCUT2D eigenvalue weighted by Gasteiger charge is 2.38. The maximum Gasteiger partial charge on any atom is 0.471 e. The highest BCUT2D eigenvalue weighted by Crippen LogP contribution is 2.29. The number of hydrogen-bond donors (Lipinski definition) is 1. The Morgan fingerprint density at radius 3 is 2.38 bits per heavy atom.